The number of hydrogen-bond donors (Lipinski definition) is 2. The number of carbonyl (C=O) groups excluding carboxylic acids is 2. The van der Waals surface area contributed by atoms with E-state index < -0.39 is 23.4 Å². The van der Waals surface area contributed by atoms with E-state index in [-0.39, 0.29) is 55.7 Å². The Kier molecular flexibility index (Phi) is 6.95. The third-order valence-corrected chi connectivity index (χ3v) is 4.99. The minimum atomic E-state index is -0.761. The summed E-state index contributed by atoms with van der Waals surface area (Å²) < 4.78 is 35.6. The lowest BCUT2D eigenvalue weighted by Crippen LogP contribution is -2.49. The number of amides is 2. The van der Waals surface area contributed by atoms with Crippen molar-refractivity contribution in [3.05, 3.63) is 35.7 Å². The Hall–Kier alpha value is -3.35. The van der Waals surface area contributed by atoms with Crippen LogP contribution >= 0.6 is 12.2 Å². The van der Waals surface area contributed by atoms with Gasteiger partial charge in [0, 0.05) is 38.3 Å². The summed E-state index contributed by atoms with van der Waals surface area (Å²) >= 11 is 4.87. The summed E-state index contributed by atoms with van der Waals surface area (Å²) in [6.07, 6.45) is 1.13. The number of benzene rings is 1. The summed E-state index contributed by atoms with van der Waals surface area (Å²) in [7, 11) is 1.43. The van der Waals surface area contributed by atoms with Gasteiger partial charge in [0.2, 0.25) is 11.8 Å². The lowest BCUT2D eigenvalue weighted by atomic mass is 10.2. The standard InChI is InChI=1S/C18H21F2N7O3S/c1-30-18(31)22-9-11-10-27(24-23-11)12-6-13(19)17(14(20)7-12)26-4-2-25(3-5-26)16(29)8-15(21)28/h6-7,10H,2-5,8-9H2,1H3,(H2,21,28)(H,22,31). The molecule has 31 heavy (non-hydrogen) atoms. The SMILES string of the molecule is COC(=S)NCc1cn(-c2cc(F)c(N3CCN(C(=O)CC(N)=O)CC3)c(F)c2)nn1. The summed E-state index contributed by atoms with van der Waals surface area (Å²) in [4.78, 5) is 25.8. The van der Waals surface area contributed by atoms with E-state index in [2.05, 4.69) is 15.6 Å². The van der Waals surface area contributed by atoms with E-state index in [4.69, 9.17) is 22.7 Å². The molecule has 2 amide bonds. The molecule has 0 radical (unpaired) electrons. The maximum absolute atomic E-state index is 14.8. The number of methoxy groups -OCH3 is 1. The fraction of sp³-hybridized carbons (Fsp3) is 0.389. The van der Waals surface area contributed by atoms with Gasteiger partial charge >= 0.3 is 0 Å². The molecule has 0 spiro atoms. The van der Waals surface area contributed by atoms with E-state index in [1.165, 1.54) is 27.8 Å². The van der Waals surface area contributed by atoms with Crippen LogP contribution < -0.4 is 16.0 Å². The molecular formula is C18H21F2N7O3S. The van der Waals surface area contributed by atoms with Gasteiger partial charge in [-0.2, -0.15) is 0 Å². The summed E-state index contributed by atoms with van der Waals surface area (Å²) in [5.74, 6) is -2.63. The monoisotopic (exact) mass is 453 g/mol. The fourth-order valence-electron chi connectivity index (χ4n) is 3.17. The Morgan fingerprint density at radius 2 is 1.87 bits per heavy atom. The Labute approximate surface area is 181 Å². The van der Waals surface area contributed by atoms with E-state index in [1.54, 1.807) is 0 Å². The zero-order valence-corrected chi connectivity index (χ0v) is 17.5. The molecule has 13 heteroatoms. The highest BCUT2D eigenvalue weighted by molar-refractivity contribution is 7.80. The van der Waals surface area contributed by atoms with Crippen molar-refractivity contribution in [2.24, 2.45) is 5.73 Å². The predicted octanol–water partition coefficient (Wildman–Crippen LogP) is 0.0904. The minimum Gasteiger partial charge on any atom is -0.474 e. The van der Waals surface area contributed by atoms with Crippen molar-refractivity contribution >= 4 is 34.9 Å². The first-order chi connectivity index (χ1) is 14.8. The fourth-order valence-corrected chi connectivity index (χ4v) is 3.24. The van der Waals surface area contributed by atoms with Crippen LogP contribution in [-0.2, 0) is 20.9 Å². The second-order valence-corrected chi connectivity index (χ2v) is 7.14. The van der Waals surface area contributed by atoms with Gasteiger partial charge in [0.05, 0.1) is 25.5 Å². The average Bonchev–Trinajstić information content (AvgIpc) is 3.20. The number of piperazine rings is 1. The molecule has 2 heterocycles. The van der Waals surface area contributed by atoms with Crippen molar-refractivity contribution in [2.45, 2.75) is 13.0 Å². The van der Waals surface area contributed by atoms with Crippen LogP contribution in [0.5, 0.6) is 0 Å². The van der Waals surface area contributed by atoms with Crippen molar-refractivity contribution in [1.82, 2.24) is 25.2 Å². The van der Waals surface area contributed by atoms with Crippen LogP contribution in [0.1, 0.15) is 12.1 Å². The van der Waals surface area contributed by atoms with Gasteiger partial charge in [0.25, 0.3) is 5.17 Å². The van der Waals surface area contributed by atoms with Crippen LogP contribution in [-0.4, -0.2) is 70.2 Å². The molecule has 10 nitrogen and oxygen atoms in total. The van der Waals surface area contributed by atoms with Crippen LogP contribution in [0.2, 0.25) is 0 Å². The molecular weight excluding hydrogens is 432 g/mol. The first-order valence-electron chi connectivity index (χ1n) is 9.32. The van der Waals surface area contributed by atoms with Crippen molar-refractivity contribution in [1.29, 1.82) is 0 Å². The zero-order valence-electron chi connectivity index (χ0n) is 16.7. The van der Waals surface area contributed by atoms with Crippen LogP contribution in [0, 0.1) is 11.6 Å². The largest absolute Gasteiger partial charge is 0.474 e. The van der Waals surface area contributed by atoms with Crippen LogP contribution in [0.4, 0.5) is 14.5 Å². The number of anilines is 1. The third-order valence-electron chi connectivity index (χ3n) is 4.68. The van der Waals surface area contributed by atoms with Crippen molar-refractivity contribution in [2.75, 3.05) is 38.2 Å². The number of halogens is 2. The van der Waals surface area contributed by atoms with Gasteiger partial charge in [0.15, 0.2) is 11.6 Å². The zero-order chi connectivity index (χ0) is 22.5. The number of aromatic nitrogens is 3. The first-order valence-corrected chi connectivity index (χ1v) is 9.72. The second-order valence-electron chi connectivity index (χ2n) is 6.77. The number of thiocarbonyl (C=S) groups is 1. The molecule has 0 saturated carbocycles. The number of hydrogen-bond acceptors (Lipinski definition) is 7. The van der Waals surface area contributed by atoms with E-state index in [0.29, 0.717) is 5.69 Å². The third kappa shape index (κ3) is 5.42. The molecule has 3 N–H and O–H groups in total. The maximum atomic E-state index is 14.8. The number of carbonyl (C=O) groups is 2. The van der Waals surface area contributed by atoms with Crippen LogP contribution in [0.25, 0.3) is 5.69 Å². The number of nitrogens with zero attached hydrogens (tertiary/aromatic N) is 5. The highest BCUT2D eigenvalue weighted by atomic mass is 32.1. The normalized spacial score (nSPS) is 13.8. The number of nitrogens with one attached hydrogen (secondary N) is 1. The number of ether oxygens (including phenoxy) is 1. The highest BCUT2D eigenvalue weighted by Gasteiger charge is 2.26. The highest BCUT2D eigenvalue weighted by Crippen LogP contribution is 2.27. The van der Waals surface area contributed by atoms with Gasteiger partial charge in [0.1, 0.15) is 17.8 Å². The Morgan fingerprint density at radius 3 is 2.45 bits per heavy atom. The lowest BCUT2D eigenvalue weighted by molar-refractivity contribution is -0.135. The van der Waals surface area contributed by atoms with Crippen LogP contribution in [0.3, 0.4) is 0 Å². The number of nitrogens with two attached hydrogens (primary N) is 1. The quantitative estimate of drug-likeness (QED) is 0.467. The summed E-state index contributed by atoms with van der Waals surface area (Å²) in [5, 5.41) is 10.8. The van der Waals surface area contributed by atoms with Gasteiger partial charge in [-0.15, -0.1) is 5.10 Å². The second kappa shape index (κ2) is 9.64. The van der Waals surface area contributed by atoms with E-state index in [1.807, 2.05) is 0 Å². The minimum absolute atomic E-state index is 0.169. The molecule has 166 valence electrons. The molecule has 0 bridgehead atoms. The summed E-state index contributed by atoms with van der Waals surface area (Å²) in [5.41, 5.74) is 5.52. The maximum Gasteiger partial charge on any atom is 0.256 e. The average molecular weight is 453 g/mol. The molecule has 1 saturated heterocycles. The van der Waals surface area contributed by atoms with Crippen molar-refractivity contribution in [3.8, 4) is 5.69 Å². The molecule has 1 fully saturated rings. The molecule has 1 aromatic heterocycles. The molecule has 0 atom stereocenters. The molecule has 3 rings (SSSR count). The Balaban J connectivity index is 1.69. The molecule has 1 aromatic carbocycles. The number of rotatable bonds is 6. The van der Waals surface area contributed by atoms with Gasteiger partial charge in [-0.1, -0.05) is 5.21 Å². The van der Waals surface area contributed by atoms with Crippen molar-refractivity contribution < 1.29 is 23.1 Å². The van der Waals surface area contributed by atoms with Gasteiger partial charge in [-0.25, -0.2) is 13.5 Å². The summed E-state index contributed by atoms with van der Waals surface area (Å²) in [6.45, 7) is 1.14. The van der Waals surface area contributed by atoms with E-state index in [9.17, 15) is 18.4 Å². The molecule has 1 aliphatic heterocycles. The molecule has 0 aliphatic carbocycles. The topological polar surface area (TPSA) is 119 Å². The smallest absolute Gasteiger partial charge is 0.256 e. The van der Waals surface area contributed by atoms with Gasteiger partial charge in [-0.3, -0.25) is 9.59 Å². The Bertz CT molecular complexity index is 969. The Morgan fingerprint density at radius 1 is 1.23 bits per heavy atom. The lowest BCUT2D eigenvalue weighted by Gasteiger charge is -2.36. The van der Waals surface area contributed by atoms with Gasteiger partial charge in [-0.05, 0) is 12.2 Å². The predicted molar refractivity (Wildman–Crippen MR) is 110 cm³/mol. The van der Waals surface area contributed by atoms with E-state index >= 15 is 0 Å². The van der Waals surface area contributed by atoms with E-state index in [0.717, 1.165) is 12.1 Å². The van der Waals surface area contributed by atoms with Crippen LogP contribution in [0.15, 0.2) is 18.3 Å². The van der Waals surface area contributed by atoms with Crippen molar-refractivity contribution in [3.63, 3.8) is 0 Å². The summed E-state index contributed by atoms with van der Waals surface area (Å²) in [6, 6.07) is 2.32. The molecule has 0 unspecified atom stereocenters. The first kappa shape index (κ1) is 22.3. The number of primary amides is 1. The van der Waals surface area contributed by atoms with Gasteiger partial charge < -0.3 is 25.6 Å². The molecule has 1 aliphatic rings. The molecule has 2 aromatic rings.